The van der Waals surface area contributed by atoms with Crippen LogP contribution in [0.3, 0.4) is 0 Å². The Kier molecular flexibility index (Phi) is 10.2. The summed E-state index contributed by atoms with van der Waals surface area (Å²) in [7, 11) is 0. The molecule has 0 fully saturated rings. The maximum atomic E-state index is 14.0. The quantitative estimate of drug-likeness (QED) is 0.167. The van der Waals surface area contributed by atoms with E-state index < -0.39 is 12.0 Å². The number of carbonyl (C=O) groups excluding carboxylic acids is 1. The highest BCUT2D eigenvalue weighted by molar-refractivity contribution is 9.10. The Morgan fingerprint density at radius 1 is 1.05 bits per heavy atom. The normalized spacial score (nSPS) is 14.7. The van der Waals surface area contributed by atoms with Gasteiger partial charge in [-0.15, -0.1) is 0 Å². The zero-order valence-corrected chi connectivity index (χ0v) is 28.5. The van der Waals surface area contributed by atoms with Crippen molar-refractivity contribution in [2.75, 3.05) is 13.2 Å². The maximum absolute atomic E-state index is 14.0. The number of fused-ring (bicyclic) bond motifs is 1. The van der Waals surface area contributed by atoms with Crippen molar-refractivity contribution in [2.45, 2.75) is 33.4 Å². The SMILES string of the molecule is CCOC(=O)C1=C(C)N=c2s/c(=C\c3cc(Br)c(OCc4ccc(Cl)cc4Cl)c(OCC)c3)c(=O)n2[C@H]1c1ccccc1Cl. The first kappa shape index (κ1) is 32.3. The molecule has 3 aromatic carbocycles. The molecule has 0 N–H and O–H groups in total. The monoisotopic (exact) mass is 734 g/mol. The first-order chi connectivity index (χ1) is 21.1. The summed E-state index contributed by atoms with van der Waals surface area (Å²) in [5.41, 5.74) is 2.47. The molecule has 12 heteroatoms. The summed E-state index contributed by atoms with van der Waals surface area (Å²) in [4.78, 5) is 32.2. The Hall–Kier alpha value is -3.08. The average Bonchev–Trinajstić information content (AvgIpc) is 3.27. The highest BCUT2D eigenvalue weighted by Gasteiger charge is 2.34. The predicted molar refractivity (Wildman–Crippen MR) is 178 cm³/mol. The second kappa shape index (κ2) is 13.9. The van der Waals surface area contributed by atoms with Crippen molar-refractivity contribution < 1.29 is 19.0 Å². The van der Waals surface area contributed by atoms with Gasteiger partial charge >= 0.3 is 5.97 Å². The van der Waals surface area contributed by atoms with Crippen molar-refractivity contribution in [2.24, 2.45) is 4.99 Å². The van der Waals surface area contributed by atoms with Crippen LogP contribution < -0.4 is 24.4 Å². The van der Waals surface area contributed by atoms with Crippen LogP contribution in [0.25, 0.3) is 6.08 Å². The minimum absolute atomic E-state index is 0.179. The number of rotatable bonds is 9. The summed E-state index contributed by atoms with van der Waals surface area (Å²) in [6, 6.07) is 15.2. The summed E-state index contributed by atoms with van der Waals surface area (Å²) in [5, 5.41) is 1.45. The number of esters is 1. The first-order valence-electron chi connectivity index (χ1n) is 13.6. The van der Waals surface area contributed by atoms with Crippen LogP contribution in [0.5, 0.6) is 11.5 Å². The lowest BCUT2D eigenvalue weighted by molar-refractivity contribution is -0.139. The number of hydrogen-bond donors (Lipinski definition) is 0. The molecule has 0 saturated heterocycles. The fourth-order valence-corrected chi connectivity index (χ4v) is 7.12. The van der Waals surface area contributed by atoms with Crippen LogP contribution in [0.4, 0.5) is 0 Å². The van der Waals surface area contributed by atoms with E-state index in [2.05, 4.69) is 20.9 Å². The van der Waals surface area contributed by atoms with Crippen LogP contribution in [-0.4, -0.2) is 23.8 Å². The van der Waals surface area contributed by atoms with Gasteiger partial charge in [-0.3, -0.25) is 9.36 Å². The largest absolute Gasteiger partial charge is 0.490 e. The Balaban J connectivity index is 1.59. The summed E-state index contributed by atoms with van der Waals surface area (Å²) in [5.74, 6) is 0.430. The van der Waals surface area contributed by atoms with Gasteiger partial charge in [0.2, 0.25) is 0 Å². The lowest BCUT2D eigenvalue weighted by Gasteiger charge is -2.25. The molecule has 228 valence electrons. The highest BCUT2D eigenvalue weighted by atomic mass is 79.9. The van der Waals surface area contributed by atoms with Crippen LogP contribution in [0.2, 0.25) is 15.1 Å². The number of ether oxygens (including phenoxy) is 3. The Labute approximate surface area is 281 Å². The minimum Gasteiger partial charge on any atom is -0.490 e. The lowest BCUT2D eigenvalue weighted by atomic mass is 9.96. The van der Waals surface area contributed by atoms with Crippen LogP contribution in [0, 0.1) is 0 Å². The Bertz CT molecular complexity index is 1970. The van der Waals surface area contributed by atoms with Crippen LogP contribution in [0.15, 0.2) is 80.1 Å². The summed E-state index contributed by atoms with van der Waals surface area (Å²) < 4.78 is 19.9. The van der Waals surface area contributed by atoms with Crippen molar-refractivity contribution in [1.82, 2.24) is 4.57 Å². The molecule has 0 saturated carbocycles. The van der Waals surface area contributed by atoms with E-state index in [1.54, 1.807) is 62.4 Å². The molecule has 5 rings (SSSR count). The van der Waals surface area contributed by atoms with E-state index in [4.69, 9.17) is 49.0 Å². The van der Waals surface area contributed by atoms with Gasteiger partial charge in [0.25, 0.3) is 5.56 Å². The molecule has 0 amide bonds. The standard InChI is InChI=1S/C32H26BrCl3N2O5S/c1-4-41-25-13-18(12-22(33)29(25)43-16-19-10-11-20(34)15-24(19)36)14-26-30(39)38-28(21-8-6-7-9-23(21)35)27(31(40)42-5-2)17(3)37-32(38)44-26/h6-15,28H,4-5,16H2,1-3H3/b26-14-/t28-/m0/s1. The molecule has 1 atom stereocenters. The second-order valence-corrected chi connectivity index (χ2v) is 12.7. The highest BCUT2D eigenvalue weighted by Crippen LogP contribution is 2.38. The number of nitrogens with zero attached hydrogens (tertiary/aromatic N) is 2. The lowest BCUT2D eigenvalue weighted by Crippen LogP contribution is -2.40. The average molecular weight is 737 g/mol. The number of benzene rings is 3. The number of halogens is 4. The van der Waals surface area contributed by atoms with Crippen LogP contribution in [0.1, 0.15) is 43.5 Å². The number of hydrogen-bond acceptors (Lipinski definition) is 7. The maximum Gasteiger partial charge on any atom is 0.338 e. The topological polar surface area (TPSA) is 79.1 Å². The Morgan fingerprint density at radius 2 is 1.82 bits per heavy atom. The molecule has 2 heterocycles. The van der Waals surface area contributed by atoms with Crippen molar-refractivity contribution in [3.05, 3.63) is 122 Å². The van der Waals surface area contributed by atoms with Gasteiger partial charge in [-0.1, -0.05) is 70.4 Å². The molecule has 0 radical (unpaired) electrons. The van der Waals surface area contributed by atoms with Gasteiger partial charge in [0, 0.05) is 20.6 Å². The van der Waals surface area contributed by atoms with Crippen molar-refractivity contribution in [3.63, 3.8) is 0 Å². The Morgan fingerprint density at radius 3 is 2.52 bits per heavy atom. The molecular weight excluding hydrogens is 711 g/mol. The van der Waals surface area contributed by atoms with Gasteiger partial charge in [-0.25, -0.2) is 9.79 Å². The third-order valence-corrected chi connectivity index (χ3v) is 9.24. The van der Waals surface area contributed by atoms with E-state index >= 15 is 0 Å². The molecular formula is C32H26BrCl3N2O5S. The third-order valence-electron chi connectivity index (χ3n) is 6.73. The fourth-order valence-electron chi connectivity index (χ4n) is 4.80. The van der Waals surface area contributed by atoms with Gasteiger partial charge in [-0.05, 0) is 84.2 Å². The van der Waals surface area contributed by atoms with Gasteiger partial charge in [-0.2, -0.15) is 0 Å². The molecule has 44 heavy (non-hydrogen) atoms. The third kappa shape index (κ3) is 6.62. The van der Waals surface area contributed by atoms with E-state index in [1.165, 1.54) is 15.9 Å². The summed E-state index contributed by atoms with van der Waals surface area (Å²) >= 11 is 23.8. The summed E-state index contributed by atoms with van der Waals surface area (Å²) in [6.07, 6.45) is 1.75. The molecule has 1 aliphatic heterocycles. The van der Waals surface area contributed by atoms with Crippen molar-refractivity contribution in [3.8, 4) is 11.5 Å². The fraction of sp³-hybridized carbons (Fsp3) is 0.219. The number of aromatic nitrogens is 1. The molecule has 1 aromatic heterocycles. The van der Waals surface area contributed by atoms with E-state index in [0.717, 1.165) is 5.56 Å². The van der Waals surface area contributed by atoms with E-state index in [-0.39, 0.29) is 24.3 Å². The van der Waals surface area contributed by atoms with E-state index in [1.807, 2.05) is 19.1 Å². The molecule has 0 bridgehead atoms. The second-order valence-electron chi connectivity index (χ2n) is 9.61. The van der Waals surface area contributed by atoms with Crippen molar-refractivity contribution in [1.29, 1.82) is 0 Å². The van der Waals surface area contributed by atoms with Crippen LogP contribution in [-0.2, 0) is 16.1 Å². The van der Waals surface area contributed by atoms with Gasteiger partial charge in [0.15, 0.2) is 16.3 Å². The van der Waals surface area contributed by atoms with E-state index in [9.17, 15) is 9.59 Å². The number of carbonyl (C=O) groups is 1. The van der Waals surface area contributed by atoms with E-state index in [0.29, 0.717) is 63.8 Å². The zero-order chi connectivity index (χ0) is 31.5. The predicted octanol–water partition coefficient (Wildman–Crippen LogP) is 7.50. The molecule has 0 unspecified atom stereocenters. The smallest absolute Gasteiger partial charge is 0.338 e. The molecule has 7 nitrogen and oxygen atoms in total. The molecule has 0 aliphatic carbocycles. The number of allylic oxidation sites excluding steroid dienone is 1. The molecule has 1 aliphatic rings. The van der Waals surface area contributed by atoms with Gasteiger partial charge < -0.3 is 14.2 Å². The number of thiazole rings is 1. The first-order valence-corrected chi connectivity index (χ1v) is 16.3. The molecule has 0 spiro atoms. The van der Waals surface area contributed by atoms with Crippen LogP contribution >= 0.6 is 62.1 Å². The van der Waals surface area contributed by atoms with Crippen molar-refractivity contribution >= 4 is 74.1 Å². The zero-order valence-electron chi connectivity index (χ0n) is 23.8. The summed E-state index contributed by atoms with van der Waals surface area (Å²) in [6.45, 7) is 6.09. The minimum atomic E-state index is -0.803. The molecule has 4 aromatic rings. The van der Waals surface area contributed by atoms with Gasteiger partial charge in [0.1, 0.15) is 12.6 Å². The van der Waals surface area contributed by atoms with Gasteiger partial charge in [0.05, 0.1) is 33.5 Å².